The molecule has 104 valence electrons. The lowest BCUT2D eigenvalue weighted by Gasteiger charge is -2.38. The number of aromatic nitrogens is 2. The zero-order valence-electron chi connectivity index (χ0n) is 11.8. The van der Waals surface area contributed by atoms with Crippen LogP contribution in [0.4, 0.5) is 0 Å². The van der Waals surface area contributed by atoms with Crippen molar-refractivity contribution in [3.05, 3.63) is 18.2 Å². The van der Waals surface area contributed by atoms with Gasteiger partial charge in [-0.25, -0.2) is 4.98 Å². The summed E-state index contributed by atoms with van der Waals surface area (Å²) in [5.41, 5.74) is 0.119. The van der Waals surface area contributed by atoms with E-state index in [1.807, 2.05) is 11.6 Å². The largest absolute Gasteiger partial charge is 0.385 e. The van der Waals surface area contributed by atoms with E-state index in [1.165, 1.54) is 12.8 Å². The highest BCUT2D eigenvalue weighted by molar-refractivity contribution is 5.15. The lowest BCUT2D eigenvalue weighted by molar-refractivity contribution is 0.0189. The van der Waals surface area contributed by atoms with Crippen LogP contribution in [0, 0.1) is 22.7 Å². The van der Waals surface area contributed by atoms with Crippen molar-refractivity contribution in [2.75, 3.05) is 0 Å². The van der Waals surface area contributed by atoms with E-state index < -0.39 is 11.5 Å². The first-order valence-electron chi connectivity index (χ1n) is 7.18. The van der Waals surface area contributed by atoms with Crippen LogP contribution in [0.15, 0.2) is 12.5 Å². The number of rotatable bonds is 4. The Bertz CT molecular complexity index is 452. The van der Waals surface area contributed by atoms with Crippen molar-refractivity contribution in [1.82, 2.24) is 9.55 Å². The van der Waals surface area contributed by atoms with Crippen LogP contribution < -0.4 is 0 Å². The predicted molar refractivity (Wildman–Crippen MR) is 73.1 cm³/mol. The summed E-state index contributed by atoms with van der Waals surface area (Å²) >= 11 is 0. The van der Waals surface area contributed by atoms with Crippen molar-refractivity contribution in [3.8, 4) is 6.07 Å². The van der Waals surface area contributed by atoms with Crippen LogP contribution >= 0.6 is 0 Å². The Hall–Kier alpha value is -1.34. The Balaban J connectivity index is 2.13. The SMILES string of the molecule is CCCC1CCC(C#N)(C(O)c2cncn2C)CC1. The van der Waals surface area contributed by atoms with Gasteiger partial charge in [-0.15, -0.1) is 0 Å². The van der Waals surface area contributed by atoms with Crippen LogP contribution in [0.1, 0.15) is 57.2 Å². The summed E-state index contributed by atoms with van der Waals surface area (Å²) < 4.78 is 1.81. The van der Waals surface area contributed by atoms with Crippen molar-refractivity contribution in [2.45, 2.75) is 51.6 Å². The second-order valence-electron chi connectivity index (χ2n) is 5.83. The standard InChI is InChI=1S/C15H23N3O/c1-3-4-12-5-7-15(10-16,8-6-12)14(19)13-9-17-11-18(13)2/h9,11-12,14,19H,3-8H2,1-2H3. The van der Waals surface area contributed by atoms with Gasteiger partial charge >= 0.3 is 0 Å². The zero-order valence-corrected chi connectivity index (χ0v) is 11.8. The highest BCUT2D eigenvalue weighted by Crippen LogP contribution is 2.47. The van der Waals surface area contributed by atoms with Gasteiger partial charge in [-0.05, 0) is 31.6 Å². The molecule has 0 saturated heterocycles. The Kier molecular flexibility index (Phi) is 4.26. The van der Waals surface area contributed by atoms with Crippen molar-refractivity contribution >= 4 is 0 Å². The number of hydrogen-bond donors (Lipinski definition) is 1. The second kappa shape index (κ2) is 5.75. The molecule has 1 aliphatic rings. The quantitative estimate of drug-likeness (QED) is 0.906. The van der Waals surface area contributed by atoms with E-state index in [-0.39, 0.29) is 0 Å². The summed E-state index contributed by atoms with van der Waals surface area (Å²) in [7, 11) is 1.86. The monoisotopic (exact) mass is 261 g/mol. The maximum Gasteiger partial charge on any atom is 0.114 e. The van der Waals surface area contributed by atoms with E-state index in [1.54, 1.807) is 12.5 Å². The molecule has 0 aromatic carbocycles. The summed E-state index contributed by atoms with van der Waals surface area (Å²) in [5, 5.41) is 20.2. The van der Waals surface area contributed by atoms with Crippen LogP contribution in [0.3, 0.4) is 0 Å². The minimum Gasteiger partial charge on any atom is -0.385 e. The summed E-state index contributed by atoms with van der Waals surface area (Å²) in [6.07, 6.45) is 8.74. The van der Waals surface area contributed by atoms with Gasteiger partial charge in [0.15, 0.2) is 0 Å². The normalized spacial score (nSPS) is 28.8. The molecule has 0 aliphatic heterocycles. The summed E-state index contributed by atoms with van der Waals surface area (Å²) in [6.45, 7) is 2.20. The molecule has 1 aromatic rings. The lowest BCUT2D eigenvalue weighted by Crippen LogP contribution is -2.33. The Labute approximate surface area is 115 Å². The number of aliphatic hydroxyl groups excluding tert-OH is 1. The van der Waals surface area contributed by atoms with E-state index in [4.69, 9.17) is 0 Å². The smallest absolute Gasteiger partial charge is 0.114 e. The van der Waals surface area contributed by atoms with Gasteiger partial charge in [-0.1, -0.05) is 19.8 Å². The van der Waals surface area contributed by atoms with E-state index in [0.717, 1.165) is 37.3 Å². The molecule has 1 fully saturated rings. The lowest BCUT2D eigenvalue weighted by atomic mass is 9.67. The molecule has 1 heterocycles. The fourth-order valence-corrected chi connectivity index (χ4v) is 3.25. The van der Waals surface area contributed by atoms with Crippen molar-refractivity contribution in [3.63, 3.8) is 0 Å². The van der Waals surface area contributed by atoms with Gasteiger partial charge in [0.05, 0.1) is 29.7 Å². The van der Waals surface area contributed by atoms with E-state index in [0.29, 0.717) is 0 Å². The van der Waals surface area contributed by atoms with E-state index in [9.17, 15) is 10.4 Å². The fraction of sp³-hybridized carbons (Fsp3) is 0.733. The third kappa shape index (κ3) is 2.66. The maximum absolute atomic E-state index is 10.6. The minimum atomic E-state index is -0.729. The Morgan fingerprint density at radius 1 is 1.58 bits per heavy atom. The third-order valence-corrected chi connectivity index (χ3v) is 4.57. The first-order chi connectivity index (χ1) is 9.13. The predicted octanol–water partition coefficient (Wildman–Crippen LogP) is 2.95. The molecule has 0 bridgehead atoms. The highest BCUT2D eigenvalue weighted by atomic mass is 16.3. The fourth-order valence-electron chi connectivity index (χ4n) is 3.25. The average Bonchev–Trinajstić information content (AvgIpc) is 2.85. The minimum absolute atomic E-state index is 0.627. The van der Waals surface area contributed by atoms with Gasteiger partial charge in [0.2, 0.25) is 0 Å². The first-order valence-corrected chi connectivity index (χ1v) is 7.18. The van der Waals surface area contributed by atoms with Gasteiger partial charge < -0.3 is 9.67 Å². The zero-order chi connectivity index (χ0) is 13.9. The number of imidazole rings is 1. The molecule has 0 amide bonds. The Morgan fingerprint density at radius 2 is 2.26 bits per heavy atom. The molecule has 19 heavy (non-hydrogen) atoms. The molecule has 1 unspecified atom stereocenters. The second-order valence-corrected chi connectivity index (χ2v) is 5.83. The van der Waals surface area contributed by atoms with Gasteiger partial charge in [0, 0.05) is 7.05 Å². The number of hydrogen-bond acceptors (Lipinski definition) is 3. The molecular weight excluding hydrogens is 238 g/mol. The molecule has 1 saturated carbocycles. The molecule has 4 nitrogen and oxygen atoms in total. The van der Waals surface area contributed by atoms with Gasteiger partial charge in [-0.3, -0.25) is 0 Å². The molecule has 4 heteroatoms. The summed E-state index contributed by atoms with van der Waals surface area (Å²) in [4.78, 5) is 4.04. The molecule has 0 radical (unpaired) electrons. The molecule has 1 aliphatic carbocycles. The highest BCUT2D eigenvalue weighted by Gasteiger charge is 2.43. The molecule has 1 N–H and O–H groups in total. The number of nitrogens with zero attached hydrogens (tertiary/aromatic N) is 3. The summed E-state index contributed by atoms with van der Waals surface area (Å²) in [6, 6.07) is 2.40. The number of aliphatic hydroxyl groups is 1. The summed E-state index contributed by atoms with van der Waals surface area (Å²) in [5.74, 6) is 0.727. The van der Waals surface area contributed by atoms with Gasteiger partial charge in [0.1, 0.15) is 6.10 Å². The van der Waals surface area contributed by atoms with Crippen molar-refractivity contribution < 1.29 is 5.11 Å². The molecule has 2 rings (SSSR count). The van der Waals surface area contributed by atoms with Crippen LogP contribution in [0.2, 0.25) is 0 Å². The molecule has 1 aromatic heterocycles. The van der Waals surface area contributed by atoms with Crippen LogP contribution in [-0.2, 0) is 7.05 Å². The maximum atomic E-state index is 10.6. The topological polar surface area (TPSA) is 61.8 Å². The number of nitriles is 1. The Morgan fingerprint density at radius 3 is 2.74 bits per heavy atom. The van der Waals surface area contributed by atoms with E-state index in [2.05, 4.69) is 18.0 Å². The van der Waals surface area contributed by atoms with Crippen molar-refractivity contribution in [2.24, 2.45) is 18.4 Å². The van der Waals surface area contributed by atoms with Gasteiger partial charge in [-0.2, -0.15) is 5.26 Å². The average molecular weight is 261 g/mol. The van der Waals surface area contributed by atoms with Crippen LogP contribution in [-0.4, -0.2) is 14.7 Å². The number of aryl methyl sites for hydroxylation is 1. The van der Waals surface area contributed by atoms with Gasteiger partial charge in [0.25, 0.3) is 0 Å². The van der Waals surface area contributed by atoms with Crippen molar-refractivity contribution in [1.29, 1.82) is 5.26 Å². The molecule has 1 atom stereocenters. The molecular formula is C15H23N3O. The third-order valence-electron chi connectivity index (χ3n) is 4.57. The van der Waals surface area contributed by atoms with Crippen LogP contribution in [0.5, 0.6) is 0 Å². The van der Waals surface area contributed by atoms with E-state index >= 15 is 0 Å². The first kappa shape index (κ1) is 14.1. The molecule has 0 spiro atoms. The van der Waals surface area contributed by atoms with Crippen LogP contribution in [0.25, 0.3) is 0 Å².